The standard InChI is InChI=1S/C16H10N2O3S2/c19-15-14(10-11-6-2-1-3-7-11)23-16(22)17(15)12-8-4-5-9-13(12)18(20)21/h1-10H. The molecule has 3 rings (SSSR count). The van der Waals surface area contributed by atoms with E-state index in [1.807, 2.05) is 30.3 Å². The van der Waals surface area contributed by atoms with Crippen molar-refractivity contribution in [1.29, 1.82) is 0 Å². The number of nitro groups is 1. The summed E-state index contributed by atoms with van der Waals surface area (Å²) in [6, 6.07) is 15.4. The molecule has 2 aromatic rings. The van der Waals surface area contributed by atoms with E-state index >= 15 is 0 Å². The number of anilines is 1. The number of benzene rings is 2. The second-order valence-electron chi connectivity index (χ2n) is 4.67. The van der Waals surface area contributed by atoms with Gasteiger partial charge in [0.2, 0.25) is 0 Å². The van der Waals surface area contributed by atoms with Gasteiger partial charge < -0.3 is 0 Å². The number of nitrogens with zero attached hydrogens (tertiary/aromatic N) is 2. The number of hydrogen-bond donors (Lipinski definition) is 0. The van der Waals surface area contributed by atoms with Crippen LogP contribution in [-0.2, 0) is 4.79 Å². The number of amides is 1. The number of nitro benzene ring substituents is 1. The van der Waals surface area contributed by atoms with E-state index in [-0.39, 0.29) is 21.6 Å². The van der Waals surface area contributed by atoms with Crippen molar-refractivity contribution in [3.05, 3.63) is 75.2 Å². The predicted molar refractivity (Wildman–Crippen MR) is 95.2 cm³/mol. The van der Waals surface area contributed by atoms with E-state index in [2.05, 4.69) is 0 Å². The molecule has 23 heavy (non-hydrogen) atoms. The zero-order valence-corrected chi connectivity index (χ0v) is 13.3. The quantitative estimate of drug-likeness (QED) is 0.365. The smallest absolute Gasteiger partial charge is 0.268 e. The lowest BCUT2D eigenvalue weighted by Crippen LogP contribution is -2.28. The summed E-state index contributed by atoms with van der Waals surface area (Å²) < 4.78 is 0.284. The van der Waals surface area contributed by atoms with E-state index in [1.54, 1.807) is 18.2 Å². The summed E-state index contributed by atoms with van der Waals surface area (Å²) in [6.07, 6.45) is 1.73. The minimum Gasteiger partial charge on any atom is -0.268 e. The average Bonchev–Trinajstić information content (AvgIpc) is 2.82. The topological polar surface area (TPSA) is 63.5 Å². The molecule has 114 valence electrons. The zero-order valence-electron chi connectivity index (χ0n) is 11.7. The van der Waals surface area contributed by atoms with Crippen molar-refractivity contribution >= 4 is 51.7 Å². The van der Waals surface area contributed by atoms with Gasteiger partial charge in [-0.05, 0) is 17.7 Å². The molecule has 1 saturated heterocycles. The average molecular weight is 342 g/mol. The first-order valence-electron chi connectivity index (χ1n) is 6.64. The minimum absolute atomic E-state index is 0.148. The number of carbonyl (C=O) groups is 1. The van der Waals surface area contributed by atoms with Crippen molar-refractivity contribution in [2.75, 3.05) is 4.90 Å². The number of para-hydroxylation sites is 2. The van der Waals surface area contributed by atoms with E-state index < -0.39 is 4.92 Å². The lowest BCUT2D eigenvalue weighted by Gasteiger charge is -2.14. The fourth-order valence-electron chi connectivity index (χ4n) is 2.18. The van der Waals surface area contributed by atoms with E-state index in [9.17, 15) is 14.9 Å². The summed E-state index contributed by atoms with van der Waals surface area (Å²) in [5.41, 5.74) is 0.914. The van der Waals surface area contributed by atoms with Crippen LogP contribution >= 0.6 is 24.0 Å². The van der Waals surface area contributed by atoms with Crippen LogP contribution in [0.1, 0.15) is 5.56 Å². The predicted octanol–water partition coefficient (Wildman–Crippen LogP) is 4.00. The molecule has 0 spiro atoms. The van der Waals surface area contributed by atoms with Crippen molar-refractivity contribution in [3.63, 3.8) is 0 Å². The van der Waals surface area contributed by atoms with Crippen LogP contribution in [-0.4, -0.2) is 15.2 Å². The second kappa shape index (κ2) is 6.31. The molecule has 1 fully saturated rings. The summed E-state index contributed by atoms with van der Waals surface area (Å²) in [5.74, 6) is -0.349. The van der Waals surface area contributed by atoms with Gasteiger partial charge in [0.05, 0.1) is 9.83 Å². The largest absolute Gasteiger partial charge is 0.293 e. The van der Waals surface area contributed by atoms with Crippen molar-refractivity contribution in [3.8, 4) is 0 Å². The lowest BCUT2D eigenvalue weighted by atomic mass is 10.2. The second-order valence-corrected chi connectivity index (χ2v) is 6.35. The maximum Gasteiger partial charge on any atom is 0.293 e. The zero-order chi connectivity index (χ0) is 16.4. The first kappa shape index (κ1) is 15.4. The molecule has 1 aliphatic rings. The number of thiocarbonyl (C=S) groups is 1. The van der Waals surface area contributed by atoms with Crippen LogP contribution in [0.3, 0.4) is 0 Å². The first-order chi connectivity index (χ1) is 11.1. The van der Waals surface area contributed by atoms with Crippen molar-refractivity contribution in [1.82, 2.24) is 0 Å². The molecular formula is C16H10N2O3S2. The van der Waals surface area contributed by atoms with Crippen LogP contribution < -0.4 is 4.90 Å². The molecule has 1 heterocycles. The van der Waals surface area contributed by atoms with Gasteiger partial charge in [-0.3, -0.25) is 19.8 Å². The summed E-state index contributed by atoms with van der Waals surface area (Å²) in [7, 11) is 0. The Morgan fingerprint density at radius 1 is 1.09 bits per heavy atom. The number of rotatable bonds is 3. The molecule has 0 bridgehead atoms. The highest BCUT2D eigenvalue weighted by Crippen LogP contribution is 2.39. The van der Waals surface area contributed by atoms with Crippen LogP contribution in [0.15, 0.2) is 59.5 Å². The summed E-state index contributed by atoms with van der Waals surface area (Å²) >= 11 is 6.38. The Balaban J connectivity index is 2.00. The molecule has 0 aliphatic carbocycles. The van der Waals surface area contributed by atoms with Crippen LogP contribution in [0.25, 0.3) is 6.08 Å². The molecule has 0 atom stereocenters. The third-order valence-electron chi connectivity index (χ3n) is 3.21. The van der Waals surface area contributed by atoms with Gasteiger partial charge in [0.15, 0.2) is 4.32 Å². The molecule has 5 nitrogen and oxygen atoms in total. The lowest BCUT2D eigenvalue weighted by molar-refractivity contribution is -0.384. The van der Waals surface area contributed by atoms with Gasteiger partial charge in [-0.15, -0.1) is 0 Å². The fraction of sp³-hybridized carbons (Fsp3) is 0. The Labute approximate surface area is 141 Å². The Bertz CT molecular complexity index is 834. The van der Waals surface area contributed by atoms with Crippen LogP contribution in [0.5, 0.6) is 0 Å². The summed E-state index contributed by atoms with van der Waals surface area (Å²) in [4.78, 5) is 24.9. The fourth-order valence-corrected chi connectivity index (χ4v) is 3.47. The molecule has 0 radical (unpaired) electrons. The third-order valence-corrected chi connectivity index (χ3v) is 4.51. The molecule has 0 aromatic heterocycles. The Morgan fingerprint density at radius 3 is 2.43 bits per heavy atom. The van der Waals surface area contributed by atoms with Gasteiger partial charge in [-0.2, -0.15) is 0 Å². The van der Waals surface area contributed by atoms with Crippen molar-refractivity contribution in [2.45, 2.75) is 0 Å². The maximum atomic E-state index is 12.6. The van der Waals surface area contributed by atoms with E-state index in [0.717, 1.165) is 17.3 Å². The first-order valence-corrected chi connectivity index (χ1v) is 7.87. The van der Waals surface area contributed by atoms with E-state index in [4.69, 9.17) is 12.2 Å². The summed E-state index contributed by atoms with van der Waals surface area (Å²) in [6.45, 7) is 0. The minimum atomic E-state index is -0.519. The number of carbonyl (C=O) groups excluding carboxylic acids is 1. The highest BCUT2D eigenvalue weighted by Gasteiger charge is 2.36. The third kappa shape index (κ3) is 3.01. The van der Waals surface area contributed by atoms with Gasteiger partial charge in [0, 0.05) is 6.07 Å². The van der Waals surface area contributed by atoms with Gasteiger partial charge in [-0.1, -0.05) is 66.4 Å². The van der Waals surface area contributed by atoms with Gasteiger partial charge >= 0.3 is 0 Å². The Kier molecular flexibility index (Phi) is 4.22. The highest BCUT2D eigenvalue weighted by molar-refractivity contribution is 8.27. The van der Waals surface area contributed by atoms with Gasteiger partial charge in [0.1, 0.15) is 5.69 Å². The van der Waals surface area contributed by atoms with Gasteiger partial charge in [0.25, 0.3) is 11.6 Å². The highest BCUT2D eigenvalue weighted by atomic mass is 32.2. The number of thioether (sulfide) groups is 1. The van der Waals surface area contributed by atoms with E-state index in [0.29, 0.717) is 4.91 Å². The SMILES string of the molecule is O=C1C(=Cc2ccccc2)SC(=S)N1c1ccccc1[N+](=O)[O-]. The molecule has 0 N–H and O–H groups in total. The molecule has 2 aromatic carbocycles. The van der Waals surface area contributed by atoms with Crippen molar-refractivity contribution in [2.24, 2.45) is 0 Å². The molecule has 1 amide bonds. The maximum absolute atomic E-state index is 12.6. The molecule has 7 heteroatoms. The molecular weight excluding hydrogens is 332 g/mol. The summed E-state index contributed by atoms with van der Waals surface area (Å²) in [5, 5.41) is 11.2. The monoisotopic (exact) mass is 342 g/mol. The van der Waals surface area contributed by atoms with Crippen LogP contribution in [0, 0.1) is 10.1 Å². The number of hydrogen-bond acceptors (Lipinski definition) is 5. The molecule has 0 unspecified atom stereocenters. The van der Waals surface area contributed by atoms with Crippen LogP contribution in [0.2, 0.25) is 0 Å². The molecule has 0 saturated carbocycles. The van der Waals surface area contributed by atoms with Crippen LogP contribution in [0.4, 0.5) is 11.4 Å². The Hall–Kier alpha value is -2.51. The Morgan fingerprint density at radius 2 is 1.74 bits per heavy atom. The normalized spacial score (nSPS) is 16.2. The van der Waals surface area contributed by atoms with Gasteiger partial charge in [-0.25, -0.2) is 0 Å². The molecule has 1 aliphatic heterocycles. The van der Waals surface area contributed by atoms with Crippen molar-refractivity contribution < 1.29 is 9.72 Å². The van der Waals surface area contributed by atoms with E-state index in [1.165, 1.54) is 17.0 Å².